The van der Waals surface area contributed by atoms with E-state index in [1.54, 1.807) is 25.1 Å². The smallest absolute Gasteiger partial charge is 0.323 e. The van der Waals surface area contributed by atoms with Crippen LogP contribution in [0, 0.1) is 6.92 Å². The summed E-state index contributed by atoms with van der Waals surface area (Å²) in [6.07, 6.45) is -2.16. The third-order valence-electron chi connectivity index (χ3n) is 4.76. The second-order valence-corrected chi connectivity index (χ2v) is 9.92. The number of hydrogen-bond donors (Lipinski definition) is 2. The van der Waals surface area contributed by atoms with Crippen molar-refractivity contribution in [2.45, 2.75) is 24.4 Å². The largest absolute Gasteiger partial charge is 0.417 e. The number of halogens is 5. The Balaban J connectivity index is 1.98. The molecule has 1 amide bonds. The maximum absolute atomic E-state index is 13.2. The molecule has 0 aliphatic heterocycles. The number of aryl methyl sites for hydroxylation is 1. The fourth-order valence-electron chi connectivity index (χ4n) is 3.08. The van der Waals surface area contributed by atoms with Crippen molar-refractivity contribution >= 4 is 50.5 Å². The van der Waals surface area contributed by atoms with Gasteiger partial charge in [-0.25, -0.2) is 8.42 Å². The maximum Gasteiger partial charge on any atom is 0.417 e. The number of nitrogens with one attached hydrogen (secondary N) is 2. The minimum Gasteiger partial charge on any atom is -0.323 e. The Bertz CT molecular complexity index is 1410. The average Bonchev–Trinajstić information content (AvgIpc) is 2.76. The second kappa shape index (κ2) is 10.3. The Morgan fingerprint density at radius 3 is 2.46 bits per heavy atom. The van der Waals surface area contributed by atoms with Crippen LogP contribution in [0.25, 0.3) is 0 Å². The second-order valence-electron chi connectivity index (χ2n) is 7.43. The Kier molecular flexibility index (Phi) is 7.78. The molecule has 6 nitrogen and oxygen atoms in total. The van der Waals surface area contributed by atoms with Crippen LogP contribution in [0.2, 0.25) is 10.0 Å². The van der Waals surface area contributed by atoms with E-state index in [9.17, 15) is 26.4 Å². The van der Waals surface area contributed by atoms with Crippen molar-refractivity contribution in [3.8, 4) is 0 Å². The Labute approximate surface area is 209 Å². The summed E-state index contributed by atoms with van der Waals surface area (Å²) in [6, 6.07) is 8.55. The number of hydrogen-bond acceptors (Lipinski definition) is 4. The first-order valence-corrected chi connectivity index (χ1v) is 12.1. The van der Waals surface area contributed by atoms with Crippen LogP contribution in [-0.4, -0.2) is 19.3 Å². The Morgan fingerprint density at radius 1 is 1.11 bits per heavy atom. The van der Waals surface area contributed by atoms with Gasteiger partial charge >= 0.3 is 6.18 Å². The highest BCUT2D eigenvalue weighted by atomic mass is 35.5. The fourth-order valence-corrected chi connectivity index (χ4v) is 4.59. The normalized spacial score (nSPS) is 11.7. The van der Waals surface area contributed by atoms with Crippen LogP contribution in [0.5, 0.6) is 0 Å². The van der Waals surface area contributed by atoms with Crippen molar-refractivity contribution in [1.82, 2.24) is 4.98 Å². The third kappa shape index (κ3) is 6.53. The van der Waals surface area contributed by atoms with Gasteiger partial charge in [-0.05, 0) is 66.6 Å². The first-order chi connectivity index (χ1) is 16.3. The number of anilines is 2. The highest BCUT2D eigenvalue weighted by molar-refractivity contribution is 7.92. The van der Waals surface area contributed by atoms with Crippen molar-refractivity contribution in [2.24, 2.45) is 0 Å². The number of pyridine rings is 1. The number of nitrogens with zero attached hydrogens (tertiary/aromatic N) is 1. The van der Waals surface area contributed by atoms with Gasteiger partial charge in [0, 0.05) is 23.3 Å². The topological polar surface area (TPSA) is 88.2 Å². The van der Waals surface area contributed by atoms with Crippen molar-refractivity contribution in [1.29, 1.82) is 0 Å². The summed E-state index contributed by atoms with van der Waals surface area (Å²) in [5, 5.41) is 2.32. The van der Waals surface area contributed by atoms with Crippen molar-refractivity contribution in [3.63, 3.8) is 0 Å². The number of alkyl halides is 3. The molecule has 35 heavy (non-hydrogen) atoms. The summed E-state index contributed by atoms with van der Waals surface area (Å²) in [5.74, 6) is -0.429. The first-order valence-electron chi connectivity index (χ1n) is 9.87. The molecule has 2 N–H and O–H groups in total. The summed E-state index contributed by atoms with van der Waals surface area (Å²) in [6.45, 7) is 5.06. The highest BCUT2D eigenvalue weighted by Crippen LogP contribution is 2.36. The molecule has 0 fully saturated rings. The van der Waals surface area contributed by atoms with Gasteiger partial charge in [-0.3, -0.25) is 14.5 Å². The van der Waals surface area contributed by atoms with E-state index in [4.69, 9.17) is 23.2 Å². The summed E-state index contributed by atoms with van der Waals surface area (Å²) < 4.78 is 67.9. The van der Waals surface area contributed by atoms with E-state index in [2.05, 4.69) is 21.6 Å². The molecule has 2 aromatic carbocycles. The van der Waals surface area contributed by atoms with E-state index in [0.29, 0.717) is 27.9 Å². The molecule has 0 unspecified atom stereocenters. The van der Waals surface area contributed by atoms with Gasteiger partial charge in [0.15, 0.2) is 0 Å². The van der Waals surface area contributed by atoms with E-state index in [1.807, 2.05) is 0 Å². The predicted molar refractivity (Wildman–Crippen MR) is 129 cm³/mol. The van der Waals surface area contributed by atoms with Crippen LogP contribution in [0.15, 0.2) is 66.2 Å². The van der Waals surface area contributed by atoms with Gasteiger partial charge in [0.25, 0.3) is 10.0 Å². The van der Waals surface area contributed by atoms with Crippen LogP contribution in [0.1, 0.15) is 22.4 Å². The summed E-state index contributed by atoms with van der Waals surface area (Å²) >= 11 is 11.9. The van der Waals surface area contributed by atoms with Crippen molar-refractivity contribution in [3.05, 3.63) is 93.7 Å². The van der Waals surface area contributed by atoms with Gasteiger partial charge in [0.05, 0.1) is 26.9 Å². The molecular formula is C23H18Cl2F3N3O3S. The third-order valence-corrected chi connectivity index (χ3v) is 6.82. The van der Waals surface area contributed by atoms with E-state index in [0.717, 1.165) is 18.2 Å². The summed E-state index contributed by atoms with van der Waals surface area (Å²) in [5.41, 5.74) is 0.621. The molecule has 0 aliphatic rings. The van der Waals surface area contributed by atoms with E-state index < -0.39 is 37.6 Å². The number of sulfonamides is 1. The molecular weight excluding hydrogens is 526 g/mol. The quantitative estimate of drug-likeness (QED) is 0.345. The summed E-state index contributed by atoms with van der Waals surface area (Å²) in [7, 11) is -4.43. The van der Waals surface area contributed by atoms with Gasteiger partial charge in [0.1, 0.15) is 0 Å². The van der Waals surface area contributed by atoms with Crippen LogP contribution < -0.4 is 10.0 Å². The van der Waals surface area contributed by atoms with Crippen LogP contribution in [0.4, 0.5) is 24.5 Å². The minimum atomic E-state index is -4.83. The zero-order valence-electron chi connectivity index (χ0n) is 18.1. The maximum atomic E-state index is 13.2. The number of carbonyl (C=O) groups is 1. The molecule has 0 aliphatic carbocycles. The number of benzene rings is 2. The van der Waals surface area contributed by atoms with Gasteiger partial charge in [-0.15, -0.1) is 0 Å². The van der Waals surface area contributed by atoms with E-state index in [1.165, 1.54) is 12.3 Å². The molecule has 12 heteroatoms. The molecule has 0 atom stereocenters. The Morgan fingerprint density at radius 2 is 1.80 bits per heavy atom. The van der Waals surface area contributed by atoms with Gasteiger partial charge in [0.2, 0.25) is 5.91 Å². The minimum absolute atomic E-state index is 0.0587. The molecule has 3 rings (SSSR count). The lowest BCUT2D eigenvalue weighted by atomic mass is 10.1. The monoisotopic (exact) mass is 543 g/mol. The molecule has 184 valence electrons. The zero-order chi connectivity index (χ0) is 26.0. The first kappa shape index (κ1) is 26.5. The van der Waals surface area contributed by atoms with Crippen LogP contribution in [-0.2, 0) is 27.4 Å². The molecule has 0 bridgehead atoms. The number of aromatic nitrogens is 1. The van der Waals surface area contributed by atoms with Crippen molar-refractivity contribution in [2.75, 3.05) is 10.0 Å². The molecule has 0 radical (unpaired) electrons. The Hall–Kier alpha value is -3.08. The number of rotatable bonds is 7. The highest BCUT2D eigenvalue weighted by Gasteiger charge is 2.34. The van der Waals surface area contributed by atoms with E-state index in [-0.39, 0.29) is 17.8 Å². The van der Waals surface area contributed by atoms with E-state index >= 15 is 0 Å². The molecule has 3 aromatic rings. The molecule has 0 spiro atoms. The summed E-state index contributed by atoms with van der Waals surface area (Å²) in [4.78, 5) is 15.3. The van der Waals surface area contributed by atoms with Gasteiger partial charge in [-0.2, -0.15) is 13.2 Å². The molecule has 0 saturated heterocycles. The molecule has 1 aromatic heterocycles. The number of carbonyl (C=O) groups excluding carboxylic acids is 1. The molecule has 0 saturated carbocycles. The fraction of sp³-hybridized carbons (Fsp3) is 0.130. The lowest BCUT2D eigenvalue weighted by Crippen LogP contribution is -2.17. The SMILES string of the molecule is C=CC(=O)Nc1ccc(Cl)c(Cc2ncc(C)cc2NS(=O)(=O)c2ccc(Cl)c(C(F)(F)F)c2)c1. The zero-order valence-corrected chi connectivity index (χ0v) is 20.4. The molecule has 1 heterocycles. The predicted octanol–water partition coefficient (Wildman–Crippen LogP) is 6.23. The standard InChI is InChI=1S/C23H18Cl2F3N3O3S/c1-3-22(32)30-15-4-6-18(24)14(9-15)10-20-21(8-13(2)12-29-20)31-35(33,34)16-5-7-19(25)17(11-16)23(26,27)28/h3-9,11-12,31H,1,10H2,2H3,(H,30,32). The van der Waals surface area contributed by atoms with Gasteiger partial charge < -0.3 is 5.32 Å². The van der Waals surface area contributed by atoms with Crippen LogP contribution >= 0.6 is 23.2 Å². The lowest BCUT2D eigenvalue weighted by molar-refractivity contribution is -0.137. The lowest BCUT2D eigenvalue weighted by Gasteiger charge is -2.15. The van der Waals surface area contributed by atoms with Crippen molar-refractivity contribution < 1.29 is 26.4 Å². The average molecular weight is 544 g/mol. The van der Waals surface area contributed by atoms with Gasteiger partial charge in [-0.1, -0.05) is 29.8 Å². The van der Waals surface area contributed by atoms with Crippen LogP contribution in [0.3, 0.4) is 0 Å². The number of amides is 1.